The summed E-state index contributed by atoms with van der Waals surface area (Å²) in [6, 6.07) is 10.2. The molecule has 2 aliphatic heterocycles. The van der Waals surface area contributed by atoms with Crippen LogP contribution < -0.4 is 0 Å². The number of para-hydroxylation sites is 1. The Balaban J connectivity index is 1.33. The molecule has 0 unspecified atom stereocenters. The van der Waals surface area contributed by atoms with E-state index in [0.29, 0.717) is 5.92 Å². The molecule has 0 aliphatic carbocycles. The summed E-state index contributed by atoms with van der Waals surface area (Å²) in [6.07, 6.45) is 6.31. The van der Waals surface area contributed by atoms with E-state index in [1.807, 2.05) is 22.9 Å². The van der Waals surface area contributed by atoms with Crippen molar-refractivity contribution in [2.75, 3.05) is 13.1 Å². The summed E-state index contributed by atoms with van der Waals surface area (Å²) in [7, 11) is 0. The standard InChI is InChI=1S/C19H23N7/c1-2-7-16(8-3-1)26-18(20-14-21-26)13-24-10-4-6-15(12-24)19-23-22-17-9-5-11-25(17)19/h1-3,7-8,14-15H,4-6,9-13H2/t15-/m1/s1. The first-order chi connectivity index (χ1) is 12.9. The Bertz CT molecular complexity index is 882. The molecular weight excluding hydrogens is 326 g/mol. The maximum absolute atomic E-state index is 4.51. The third-order valence-electron chi connectivity index (χ3n) is 5.49. The van der Waals surface area contributed by atoms with Crippen molar-refractivity contribution in [3.8, 4) is 5.69 Å². The molecule has 4 heterocycles. The van der Waals surface area contributed by atoms with Gasteiger partial charge in [0.05, 0.1) is 12.2 Å². The van der Waals surface area contributed by atoms with Crippen LogP contribution in [0, 0.1) is 0 Å². The van der Waals surface area contributed by atoms with Gasteiger partial charge in [-0.2, -0.15) is 5.10 Å². The fourth-order valence-electron chi connectivity index (χ4n) is 4.24. The largest absolute Gasteiger partial charge is 0.315 e. The molecule has 134 valence electrons. The number of fused-ring (bicyclic) bond motifs is 1. The normalized spacial score (nSPS) is 20.4. The van der Waals surface area contributed by atoms with Crippen molar-refractivity contribution in [1.82, 2.24) is 34.4 Å². The maximum atomic E-state index is 4.51. The number of hydrogen-bond donors (Lipinski definition) is 0. The minimum absolute atomic E-state index is 0.469. The van der Waals surface area contributed by atoms with E-state index >= 15 is 0 Å². The molecule has 1 aromatic carbocycles. The van der Waals surface area contributed by atoms with Crippen molar-refractivity contribution in [3.05, 3.63) is 54.1 Å². The van der Waals surface area contributed by atoms with Crippen LogP contribution in [-0.2, 0) is 19.5 Å². The summed E-state index contributed by atoms with van der Waals surface area (Å²) >= 11 is 0. The highest BCUT2D eigenvalue weighted by Gasteiger charge is 2.28. The zero-order chi connectivity index (χ0) is 17.3. The Hall–Kier alpha value is -2.54. The lowest BCUT2D eigenvalue weighted by Crippen LogP contribution is -2.35. The Morgan fingerprint density at radius 2 is 1.96 bits per heavy atom. The summed E-state index contributed by atoms with van der Waals surface area (Å²) in [5.41, 5.74) is 1.06. The van der Waals surface area contributed by atoms with Crippen LogP contribution >= 0.6 is 0 Å². The molecule has 2 aromatic heterocycles. The second-order valence-electron chi connectivity index (χ2n) is 7.23. The number of aromatic nitrogens is 6. The number of aryl methyl sites for hydroxylation is 1. The first-order valence-electron chi connectivity index (χ1n) is 9.47. The predicted octanol–water partition coefficient (Wildman–Crippen LogP) is 2.18. The van der Waals surface area contributed by atoms with Crippen molar-refractivity contribution < 1.29 is 0 Å². The second kappa shape index (κ2) is 6.64. The van der Waals surface area contributed by atoms with Gasteiger partial charge in [-0.05, 0) is 37.9 Å². The molecule has 0 amide bonds. The van der Waals surface area contributed by atoms with E-state index in [2.05, 4.69) is 41.9 Å². The van der Waals surface area contributed by atoms with Crippen LogP contribution in [0.1, 0.15) is 42.7 Å². The van der Waals surface area contributed by atoms with E-state index in [1.54, 1.807) is 6.33 Å². The fourth-order valence-corrected chi connectivity index (χ4v) is 4.24. The Labute approximate surface area is 152 Å². The van der Waals surface area contributed by atoms with Gasteiger partial charge in [0.2, 0.25) is 0 Å². The Kier molecular flexibility index (Phi) is 4.01. The molecule has 0 saturated carbocycles. The number of hydrogen-bond acceptors (Lipinski definition) is 5. The van der Waals surface area contributed by atoms with Crippen molar-refractivity contribution in [2.24, 2.45) is 0 Å². The van der Waals surface area contributed by atoms with Crippen LogP contribution in [-0.4, -0.2) is 47.5 Å². The molecule has 0 N–H and O–H groups in total. The van der Waals surface area contributed by atoms with E-state index in [-0.39, 0.29) is 0 Å². The summed E-state index contributed by atoms with van der Waals surface area (Å²) in [5, 5.41) is 13.3. The summed E-state index contributed by atoms with van der Waals surface area (Å²) in [4.78, 5) is 6.99. The van der Waals surface area contributed by atoms with Crippen LogP contribution in [0.2, 0.25) is 0 Å². The van der Waals surface area contributed by atoms with Gasteiger partial charge >= 0.3 is 0 Å². The first kappa shape index (κ1) is 15.7. The van der Waals surface area contributed by atoms with E-state index in [4.69, 9.17) is 0 Å². The van der Waals surface area contributed by atoms with Gasteiger partial charge in [0.15, 0.2) is 0 Å². The zero-order valence-electron chi connectivity index (χ0n) is 14.8. The molecule has 5 rings (SSSR count). The maximum Gasteiger partial charge on any atom is 0.146 e. The topological polar surface area (TPSA) is 64.7 Å². The molecule has 1 fully saturated rings. The monoisotopic (exact) mass is 349 g/mol. The molecular formula is C19H23N7. The molecule has 3 aromatic rings. The predicted molar refractivity (Wildman–Crippen MR) is 97.0 cm³/mol. The molecule has 2 aliphatic rings. The molecule has 1 atom stereocenters. The highest BCUT2D eigenvalue weighted by molar-refractivity contribution is 5.30. The summed E-state index contributed by atoms with van der Waals surface area (Å²) in [5.74, 6) is 3.81. The molecule has 0 radical (unpaired) electrons. The number of likely N-dealkylation sites (tertiary alicyclic amines) is 1. The van der Waals surface area contributed by atoms with Gasteiger partial charge in [-0.1, -0.05) is 18.2 Å². The Morgan fingerprint density at radius 1 is 1.04 bits per heavy atom. The molecule has 26 heavy (non-hydrogen) atoms. The lowest BCUT2D eigenvalue weighted by atomic mass is 9.97. The number of benzene rings is 1. The highest BCUT2D eigenvalue weighted by Crippen LogP contribution is 2.29. The SMILES string of the molecule is c1ccc(-n2ncnc2CN2CCC[C@@H](c3nnc4n3CCC4)C2)cc1. The molecule has 0 spiro atoms. The lowest BCUT2D eigenvalue weighted by molar-refractivity contribution is 0.189. The third kappa shape index (κ3) is 2.82. The van der Waals surface area contributed by atoms with Crippen LogP contribution in [0.25, 0.3) is 5.69 Å². The van der Waals surface area contributed by atoms with Crippen molar-refractivity contribution in [2.45, 2.75) is 44.7 Å². The zero-order valence-corrected chi connectivity index (χ0v) is 14.8. The molecule has 7 nitrogen and oxygen atoms in total. The van der Waals surface area contributed by atoms with Gasteiger partial charge < -0.3 is 4.57 Å². The van der Waals surface area contributed by atoms with Crippen LogP contribution in [0.4, 0.5) is 0 Å². The van der Waals surface area contributed by atoms with Gasteiger partial charge in [0.1, 0.15) is 23.8 Å². The minimum Gasteiger partial charge on any atom is -0.315 e. The Morgan fingerprint density at radius 3 is 2.88 bits per heavy atom. The summed E-state index contributed by atoms with van der Waals surface area (Å²) < 4.78 is 4.29. The first-order valence-corrected chi connectivity index (χ1v) is 9.47. The smallest absolute Gasteiger partial charge is 0.146 e. The average Bonchev–Trinajstić information content (AvgIpc) is 3.39. The van der Waals surface area contributed by atoms with Gasteiger partial charge in [-0.15, -0.1) is 10.2 Å². The van der Waals surface area contributed by atoms with Crippen molar-refractivity contribution in [1.29, 1.82) is 0 Å². The lowest BCUT2D eigenvalue weighted by Gasteiger charge is -2.31. The van der Waals surface area contributed by atoms with Crippen molar-refractivity contribution >= 4 is 0 Å². The highest BCUT2D eigenvalue weighted by atomic mass is 15.4. The van der Waals surface area contributed by atoms with Crippen LogP contribution in [0.15, 0.2) is 36.7 Å². The van der Waals surface area contributed by atoms with Gasteiger partial charge in [-0.25, -0.2) is 9.67 Å². The molecule has 7 heteroatoms. The van der Waals surface area contributed by atoms with E-state index < -0.39 is 0 Å². The van der Waals surface area contributed by atoms with Crippen molar-refractivity contribution in [3.63, 3.8) is 0 Å². The van der Waals surface area contributed by atoms with Gasteiger partial charge in [0.25, 0.3) is 0 Å². The van der Waals surface area contributed by atoms with E-state index in [9.17, 15) is 0 Å². The number of piperidine rings is 1. The van der Waals surface area contributed by atoms with Gasteiger partial charge in [-0.3, -0.25) is 4.90 Å². The average molecular weight is 349 g/mol. The van der Waals surface area contributed by atoms with Crippen LogP contribution in [0.3, 0.4) is 0 Å². The quantitative estimate of drug-likeness (QED) is 0.722. The van der Waals surface area contributed by atoms with E-state index in [1.165, 1.54) is 30.9 Å². The number of rotatable bonds is 4. The fraction of sp³-hybridized carbons (Fsp3) is 0.474. The number of nitrogens with zero attached hydrogens (tertiary/aromatic N) is 7. The minimum atomic E-state index is 0.469. The molecule has 0 bridgehead atoms. The second-order valence-corrected chi connectivity index (χ2v) is 7.23. The van der Waals surface area contributed by atoms with Gasteiger partial charge in [0, 0.05) is 25.4 Å². The summed E-state index contributed by atoms with van der Waals surface area (Å²) in [6.45, 7) is 4.00. The third-order valence-corrected chi connectivity index (χ3v) is 5.49. The molecule has 1 saturated heterocycles. The van der Waals surface area contributed by atoms with Crippen LogP contribution in [0.5, 0.6) is 0 Å². The van der Waals surface area contributed by atoms with E-state index in [0.717, 1.165) is 44.1 Å².